The van der Waals surface area contributed by atoms with Gasteiger partial charge in [-0.3, -0.25) is 4.79 Å². The molecule has 0 radical (unpaired) electrons. The lowest BCUT2D eigenvalue weighted by atomic mass is 9.88. The molecule has 0 spiro atoms. The van der Waals surface area contributed by atoms with E-state index in [9.17, 15) is 4.79 Å². The number of hydrogen-bond acceptors (Lipinski definition) is 4. The van der Waals surface area contributed by atoms with Gasteiger partial charge in [-0.05, 0) is 51.9 Å². The van der Waals surface area contributed by atoms with Crippen LogP contribution in [0.1, 0.15) is 24.0 Å². The van der Waals surface area contributed by atoms with E-state index in [4.69, 9.17) is 9.47 Å². The normalized spacial score (nSPS) is 17.1. The molecule has 1 aromatic carbocycles. The number of carbonyl (C=O) groups is 1. The number of nitrogens with one attached hydrogen (secondary N) is 1. The lowest BCUT2D eigenvalue weighted by Crippen LogP contribution is -2.56. The first-order valence-corrected chi connectivity index (χ1v) is 8.15. The third kappa shape index (κ3) is 4.45. The first-order chi connectivity index (χ1) is 10.9. The third-order valence-corrected chi connectivity index (χ3v) is 4.74. The number of carbonyl (C=O) groups excluding carboxylic acids is 1. The topological polar surface area (TPSA) is 50.8 Å². The largest absolute Gasteiger partial charge is 0.483 e. The summed E-state index contributed by atoms with van der Waals surface area (Å²) < 4.78 is 11.2. The van der Waals surface area contributed by atoms with Crippen LogP contribution in [0.5, 0.6) is 5.75 Å². The average molecular weight is 320 g/mol. The molecule has 23 heavy (non-hydrogen) atoms. The smallest absolute Gasteiger partial charge is 0.258 e. The number of nitrogens with zero attached hydrogens (tertiary/aromatic N) is 1. The molecule has 1 saturated heterocycles. The Morgan fingerprint density at radius 3 is 2.43 bits per heavy atom. The van der Waals surface area contributed by atoms with Crippen molar-refractivity contribution < 1.29 is 14.3 Å². The summed E-state index contributed by atoms with van der Waals surface area (Å²) in [4.78, 5) is 14.4. The van der Waals surface area contributed by atoms with Crippen LogP contribution in [0.2, 0.25) is 0 Å². The number of amides is 1. The molecule has 0 unspecified atom stereocenters. The van der Waals surface area contributed by atoms with Gasteiger partial charge in [-0.1, -0.05) is 18.2 Å². The summed E-state index contributed by atoms with van der Waals surface area (Å²) in [6.07, 6.45) is 1.86. The van der Waals surface area contributed by atoms with Crippen molar-refractivity contribution in [3.63, 3.8) is 0 Å². The number of ether oxygens (including phenoxy) is 2. The van der Waals surface area contributed by atoms with E-state index in [0.717, 1.165) is 42.9 Å². The van der Waals surface area contributed by atoms with Crippen molar-refractivity contribution in [2.24, 2.45) is 0 Å². The lowest BCUT2D eigenvalue weighted by Gasteiger charge is -2.42. The van der Waals surface area contributed by atoms with Crippen LogP contribution in [-0.2, 0) is 9.53 Å². The van der Waals surface area contributed by atoms with E-state index >= 15 is 0 Å². The van der Waals surface area contributed by atoms with Gasteiger partial charge >= 0.3 is 0 Å². The molecule has 0 aliphatic carbocycles. The van der Waals surface area contributed by atoms with Gasteiger partial charge in [-0.2, -0.15) is 0 Å². The highest BCUT2D eigenvalue weighted by Crippen LogP contribution is 2.25. The van der Waals surface area contributed by atoms with E-state index in [1.54, 1.807) is 0 Å². The summed E-state index contributed by atoms with van der Waals surface area (Å²) >= 11 is 0. The molecule has 0 aromatic heterocycles. The SMILES string of the molecule is Cc1cccc(C)c1OCC(=O)NCC1(N(C)C)CCOCC1. The fraction of sp³-hybridized carbons (Fsp3) is 0.611. The Balaban J connectivity index is 1.87. The van der Waals surface area contributed by atoms with Gasteiger partial charge in [0.05, 0.1) is 0 Å². The molecular formula is C18H28N2O3. The zero-order valence-corrected chi connectivity index (χ0v) is 14.6. The highest BCUT2D eigenvalue weighted by molar-refractivity contribution is 5.77. The fourth-order valence-corrected chi connectivity index (χ4v) is 3.01. The second-order valence-corrected chi connectivity index (χ2v) is 6.52. The standard InChI is InChI=1S/C18H28N2O3/c1-14-6-5-7-15(2)17(14)23-12-16(21)19-13-18(20(3)4)8-10-22-11-9-18/h5-7H,8-13H2,1-4H3,(H,19,21). The Bertz CT molecular complexity index is 517. The first kappa shape index (κ1) is 17.8. The molecule has 5 heteroatoms. The minimum atomic E-state index is -0.0830. The molecule has 1 aliphatic rings. The molecule has 0 bridgehead atoms. The molecule has 1 aromatic rings. The highest BCUT2D eigenvalue weighted by atomic mass is 16.5. The van der Waals surface area contributed by atoms with Crippen LogP contribution in [0.15, 0.2) is 18.2 Å². The minimum Gasteiger partial charge on any atom is -0.483 e. The van der Waals surface area contributed by atoms with Crippen LogP contribution in [0.4, 0.5) is 0 Å². The van der Waals surface area contributed by atoms with E-state index in [1.165, 1.54) is 0 Å². The zero-order valence-electron chi connectivity index (χ0n) is 14.6. The van der Waals surface area contributed by atoms with Crippen LogP contribution in [0.25, 0.3) is 0 Å². The van der Waals surface area contributed by atoms with Crippen molar-refractivity contribution in [3.8, 4) is 5.75 Å². The quantitative estimate of drug-likeness (QED) is 0.870. The van der Waals surface area contributed by atoms with Gasteiger partial charge in [0.1, 0.15) is 5.75 Å². The number of rotatable bonds is 6. The highest BCUT2D eigenvalue weighted by Gasteiger charge is 2.35. The van der Waals surface area contributed by atoms with E-state index < -0.39 is 0 Å². The van der Waals surface area contributed by atoms with Gasteiger partial charge < -0.3 is 19.7 Å². The van der Waals surface area contributed by atoms with Gasteiger partial charge in [0.2, 0.25) is 0 Å². The summed E-state index contributed by atoms with van der Waals surface area (Å²) in [5, 5.41) is 3.02. The fourth-order valence-electron chi connectivity index (χ4n) is 3.01. The molecule has 1 heterocycles. The summed E-state index contributed by atoms with van der Waals surface area (Å²) in [6, 6.07) is 5.97. The van der Waals surface area contributed by atoms with Crippen molar-refractivity contribution in [1.29, 1.82) is 0 Å². The van der Waals surface area contributed by atoms with E-state index in [0.29, 0.717) is 6.54 Å². The molecule has 1 fully saturated rings. The maximum atomic E-state index is 12.2. The van der Waals surface area contributed by atoms with E-state index in [1.807, 2.05) is 32.0 Å². The van der Waals surface area contributed by atoms with Crippen molar-refractivity contribution in [3.05, 3.63) is 29.3 Å². The van der Waals surface area contributed by atoms with Gasteiger partial charge in [-0.15, -0.1) is 0 Å². The number of hydrogen-bond donors (Lipinski definition) is 1. The Hall–Kier alpha value is -1.59. The Labute approximate surface area is 139 Å². The monoisotopic (exact) mass is 320 g/mol. The van der Waals surface area contributed by atoms with Crippen LogP contribution < -0.4 is 10.1 Å². The first-order valence-electron chi connectivity index (χ1n) is 8.15. The Kier molecular flexibility index (Phi) is 6.02. The van der Waals surface area contributed by atoms with Gasteiger partial charge in [-0.25, -0.2) is 0 Å². The number of aryl methyl sites for hydroxylation is 2. The Morgan fingerprint density at radius 2 is 1.87 bits per heavy atom. The molecule has 5 nitrogen and oxygen atoms in total. The number of likely N-dealkylation sites (N-methyl/N-ethyl adjacent to an activating group) is 1. The predicted octanol–water partition coefficient (Wildman–Crippen LogP) is 1.91. The van der Waals surface area contributed by atoms with Crippen molar-refractivity contribution in [2.45, 2.75) is 32.2 Å². The molecule has 1 amide bonds. The lowest BCUT2D eigenvalue weighted by molar-refractivity contribution is -0.124. The van der Waals surface area contributed by atoms with E-state index in [2.05, 4.69) is 24.3 Å². The van der Waals surface area contributed by atoms with Crippen molar-refractivity contribution >= 4 is 5.91 Å². The minimum absolute atomic E-state index is 0.0213. The van der Waals surface area contributed by atoms with Crippen molar-refractivity contribution in [1.82, 2.24) is 10.2 Å². The Morgan fingerprint density at radius 1 is 1.26 bits per heavy atom. The third-order valence-electron chi connectivity index (χ3n) is 4.74. The van der Waals surface area contributed by atoms with Gasteiger partial charge in [0.15, 0.2) is 6.61 Å². The maximum Gasteiger partial charge on any atom is 0.258 e. The summed E-state index contributed by atoms with van der Waals surface area (Å²) in [6.45, 7) is 6.14. The molecule has 1 aliphatic heterocycles. The maximum absolute atomic E-state index is 12.2. The summed E-state index contributed by atoms with van der Waals surface area (Å²) in [5.41, 5.74) is 2.07. The average Bonchev–Trinajstić information content (AvgIpc) is 2.53. The molecule has 0 saturated carbocycles. The summed E-state index contributed by atoms with van der Waals surface area (Å²) in [5.74, 6) is 0.719. The predicted molar refractivity (Wildman–Crippen MR) is 90.9 cm³/mol. The van der Waals surface area contributed by atoms with Crippen LogP contribution in [-0.4, -0.2) is 56.8 Å². The second-order valence-electron chi connectivity index (χ2n) is 6.52. The molecule has 2 rings (SSSR count). The van der Waals surface area contributed by atoms with Crippen LogP contribution in [0.3, 0.4) is 0 Å². The van der Waals surface area contributed by atoms with Crippen LogP contribution in [0, 0.1) is 13.8 Å². The summed E-state index contributed by atoms with van der Waals surface area (Å²) in [7, 11) is 4.12. The van der Waals surface area contributed by atoms with Gasteiger partial charge in [0.25, 0.3) is 5.91 Å². The van der Waals surface area contributed by atoms with Crippen LogP contribution >= 0.6 is 0 Å². The molecule has 0 atom stereocenters. The molecule has 1 N–H and O–H groups in total. The number of para-hydroxylation sites is 1. The molecular weight excluding hydrogens is 292 g/mol. The number of benzene rings is 1. The molecule has 128 valence electrons. The van der Waals surface area contributed by atoms with E-state index in [-0.39, 0.29) is 18.1 Å². The van der Waals surface area contributed by atoms with Crippen molar-refractivity contribution in [2.75, 3.05) is 40.5 Å². The van der Waals surface area contributed by atoms with Gasteiger partial charge in [0, 0.05) is 25.3 Å². The zero-order chi connectivity index (χ0) is 16.9. The second kappa shape index (κ2) is 7.79.